The van der Waals surface area contributed by atoms with E-state index in [9.17, 15) is 14.0 Å². The van der Waals surface area contributed by atoms with Crippen LogP contribution in [0.2, 0.25) is 0 Å². The van der Waals surface area contributed by atoms with Crippen molar-refractivity contribution in [2.45, 2.75) is 32.2 Å². The number of fused-ring (bicyclic) bond motifs is 1. The zero-order valence-electron chi connectivity index (χ0n) is 19.0. The first-order chi connectivity index (χ1) is 15.8. The van der Waals surface area contributed by atoms with Gasteiger partial charge in [0, 0.05) is 37.6 Å². The molecule has 0 unspecified atom stereocenters. The smallest absolute Gasteiger partial charge is 0.247 e. The standard InChI is InChI=1S/C25H29FN4O3/c1-25(2,28-23(31)15-19-6-3-4-7-20(19)26)24(32)30-12-13-33-17-18(16-30)14-21-22-8-5-10-29(22)11-9-27-21/h3-11,18H,12-17H2,1-2H3,(H,28,31)/t18-/m0/s1. The van der Waals surface area contributed by atoms with Crippen LogP contribution in [0, 0.1) is 11.7 Å². The Kier molecular flexibility index (Phi) is 6.74. The van der Waals surface area contributed by atoms with Crippen molar-refractivity contribution >= 4 is 17.3 Å². The molecular formula is C25H29FN4O3. The van der Waals surface area contributed by atoms with Crippen LogP contribution < -0.4 is 5.32 Å². The SMILES string of the molecule is CC(C)(NC(=O)Cc1ccccc1F)C(=O)N1CCOC[C@@H](Cc2nccn3cccc23)C1. The number of aromatic nitrogens is 2. The van der Waals surface area contributed by atoms with Crippen LogP contribution in [-0.2, 0) is 27.2 Å². The molecule has 0 radical (unpaired) electrons. The third kappa shape index (κ3) is 5.39. The molecule has 0 bridgehead atoms. The van der Waals surface area contributed by atoms with E-state index in [1.807, 2.05) is 28.9 Å². The lowest BCUT2D eigenvalue weighted by atomic mass is 9.99. The van der Waals surface area contributed by atoms with Crippen molar-refractivity contribution in [2.24, 2.45) is 5.92 Å². The fourth-order valence-corrected chi connectivity index (χ4v) is 4.31. The molecule has 4 rings (SSSR count). The quantitative estimate of drug-likeness (QED) is 0.624. The Hall–Kier alpha value is -3.26. The van der Waals surface area contributed by atoms with Crippen LogP contribution in [0.3, 0.4) is 0 Å². The third-order valence-electron chi connectivity index (χ3n) is 5.93. The van der Waals surface area contributed by atoms with Crippen molar-refractivity contribution in [3.8, 4) is 0 Å². The Morgan fingerprint density at radius 3 is 2.85 bits per heavy atom. The Balaban J connectivity index is 1.42. The maximum absolute atomic E-state index is 13.9. The van der Waals surface area contributed by atoms with Gasteiger partial charge in [0.15, 0.2) is 0 Å². The number of amides is 2. The Bertz CT molecular complexity index is 1140. The van der Waals surface area contributed by atoms with Crippen molar-refractivity contribution < 1.29 is 18.7 Å². The normalized spacial score (nSPS) is 17.1. The Labute approximate surface area is 192 Å². The zero-order chi connectivity index (χ0) is 23.4. The van der Waals surface area contributed by atoms with E-state index in [-0.39, 0.29) is 18.2 Å². The second kappa shape index (κ2) is 9.70. The highest BCUT2D eigenvalue weighted by Gasteiger charge is 2.35. The van der Waals surface area contributed by atoms with Crippen LogP contribution in [0.25, 0.3) is 5.52 Å². The molecule has 8 heteroatoms. The summed E-state index contributed by atoms with van der Waals surface area (Å²) in [5, 5.41) is 2.78. The molecule has 1 saturated heterocycles. The first kappa shape index (κ1) is 22.9. The van der Waals surface area contributed by atoms with E-state index in [1.54, 1.807) is 43.1 Å². The van der Waals surface area contributed by atoms with Gasteiger partial charge in [-0.15, -0.1) is 0 Å². The second-order valence-electron chi connectivity index (χ2n) is 9.01. The number of halogens is 1. The number of ether oxygens (including phenoxy) is 1. The number of nitrogens with zero attached hydrogens (tertiary/aromatic N) is 3. The summed E-state index contributed by atoms with van der Waals surface area (Å²) in [4.78, 5) is 32.2. The summed E-state index contributed by atoms with van der Waals surface area (Å²) in [6, 6.07) is 10.2. The van der Waals surface area contributed by atoms with Gasteiger partial charge in [0.2, 0.25) is 11.8 Å². The van der Waals surface area contributed by atoms with Crippen LogP contribution in [0.5, 0.6) is 0 Å². The maximum atomic E-state index is 13.9. The summed E-state index contributed by atoms with van der Waals surface area (Å²) < 4.78 is 21.7. The average Bonchev–Trinajstić information content (AvgIpc) is 3.15. The van der Waals surface area contributed by atoms with E-state index in [0.717, 1.165) is 11.2 Å². The van der Waals surface area contributed by atoms with Crippen LogP contribution in [0.15, 0.2) is 55.0 Å². The van der Waals surface area contributed by atoms with E-state index in [1.165, 1.54) is 6.07 Å². The van der Waals surface area contributed by atoms with Gasteiger partial charge in [0.05, 0.1) is 30.8 Å². The number of carbonyl (C=O) groups is 2. The van der Waals surface area contributed by atoms with Gasteiger partial charge in [0.25, 0.3) is 0 Å². The summed E-state index contributed by atoms with van der Waals surface area (Å²) in [6.45, 7) is 5.29. The van der Waals surface area contributed by atoms with Crippen LogP contribution >= 0.6 is 0 Å². The number of carbonyl (C=O) groups excluding carboxylic acids is 2. The number of nitrogens with one attached hydrogen (secondary N) is 1. The minimum atomic E-state index is -1.13. The molecule has 0 saturated carbocycles. The molecule has 1 aliphatic heterocycles. The molecule has 1 aromatic carbocycles. The summed E-state index contributed by atoms with van der Waals surface area (Å²) in [6.07, 6.45) is 6.22. The number of hydrogen-bond donors (Lipinski definition) is 1. The van der Waals surface area contributed by atoms with E-state index < -0.39 is 17.3 Å². The fourth-order valence-electron chi connectivity index (χ4n) is 4.31. The molecule has 3 aromatic rings. The van der Waals surface area contributed by atoms with Gasteiger partial charge in [-0.05, 0) is 44.0 Å². The number of rotatable bonds is 6. The van der Waals surface area contributed by atoms with Crippen LogP contribution in [-0.4, -0.2) is 57.9 Å². The highest BCUT2D eigenvalue weighted by Crippen LogP contribution is 2.19. The molecule has 1 N–H and O–H groups in total. The fraction of sp³-hybridized carbons (Fsp3) is 0.400. The molecule has 0 aliphatic carbocycles. The molecule has 2 amide bonds. The Morgan fingerprint density at radius 1 is 1.21 bits per heavy atom. The predicted octanol–water partition coefficient (Wildman–Crippen LogP) is 2.63. The van der Waals surface area contributed by atoms with Gasteiger partial charge in [-0.1, -0.05) is 18.2 Å². The maximum Gasteiger partial charge on any atom is 0.247 e. The van der Waals surface area contributed by atoms with Gasteiger partial charge in [-0.2, -0.15) is 0 Å². The first-order valence-electron chi connectivity index (χ1n) is 11.2. The van der Waals surface area contributed by atoms with Crippen molar-refractivity contribution in [3.63, 3.8) is 0 Å². The number of hydrogen-bond acceptors (Lipinski definition) is 4. The Morgan fingerprint density at radius 2 is 2.03 bits per heavy atom. The van der Waals surface area contributed by atoms with Gasteiger partial charge in [0.1, 0.15) is 11.4 Å². The molecule has 0 spiro atoms. The van der Waals surface area contributed by atoms with Crippen molar-refractivity contribution in [1.82, 2.24) is 19.6 Å². The highest BCUT2D eigenvalue weighted by molar-refractivity contribution is 5.91. The van der Waals surface area contributed by atoms with Crippen LogP contribution in [0.4, 0.5) is 4.39 Å². The molecule has 1 aliphatic rings. The summed E-state index contributed by atoms with van der Waals surface area (Å²) in [7, 11) is 0. The summed E-state index contributed by atoms with van der Waals surface area (Å²) >= 11 is 0. The number of benzene rings is 1. The lowest BCUT2D eigenvalue weighted by Crippen LogP contribution is -2.57. The van der Waals surface area contributed by atoms with Crippen LogP contribution in [0.1, 0.15) is 25.1 Å². The lowest BCUT2D eigenvalue weighted by molar-refractivity contribution is -0.140. The molecule has 174 valence electrons. The van der Waals surface area contributed by atoms with Gasteiger partial charge < -0.3 is 19.4 Å². The van der Waals surface area contributed by atoms with E-state index in [2.05, 4.69) is 10.3 Å². The van der Waals surface area contributed by atoms with Crippen molar-refractivity contribution in [1.29, 1.82) is 0 Å². The topological polar surface area (TPSA) is 75.9 Å². The summed E-state index contributed by atoms with van der Waals surface area (Å²) in [5.41, 5.74) is 1.17. The molecule has 33 heavy (non-hydrogen) atoms. The summed E-state index contributed by atoms with van der Waals surface area (Å²) in [5.74, 6) is -0.940. The average molecular weight is 453 g/mol. The minimum Gasteiger partial charge on any atom is -0.379 e. The minimum absolute atomic E-state index is 0.0787. The lowest BCUT2D eigenvalue weighted by Gasteiger charge is -2.33. The van der Waals surface area contributed by atoms with Gasteiger partial charge >= 0.3 is 0 Å². The zero-order valence-corrected chi connectivity index (χ0v) is 19.0. The molecule has 2 aromatic heterocycles. The van der Waals surface area contributed by atoms with E-state index in [0.29, 0.717) is 38.3 Å². The third-order valence-corrected chi connectivity index (χ3v) is 5.93. The monoisotopic (exact) mass is 452 g/mol. The molecule has 3 heterocycles. The van der Waals surface area contributed by atoms with Crippen molar-refractivity contribution in [2.75, 3.05) is 26.3 Å². The van der Waals surface area contributed by atoms with Gasteiger partial charge in [-0.25, -0.2) is 4.39 Å². The van der Waals surface area contributed by atoms with E-state index in [4.69, 9.17) is 4.74 Å². The van der Waals surface area contributed by atoms with Crippen molar-refractivity contribution in [3.05, 3.63) is 72.1 Å². The molecule has 1 fully saturated rings. The second-order valence-corrected chi connectivity index (χ2v) is 9.01. The molecule has 7 nitrogen and oxygen atoms in total. The van der Waals surface area contributed by atoms with E-state index >= 15 is 0 Å². The molecule has 1 atom stereocenters. The highest BCUT2D eigenvalue weighted by atomic mass is 19.1. The largest absolute Gasteiger partial charge is 0.379 e. The molecular weight excluding hydrogens is 423 g/mol. The first-order valence-corrected chi connectivity index (χ1v) is 11.2. The van der Waals surface area contributed by atoms with Gasteiger partial charge in [-0.3, -0.25) is 14.6 Å². The predicted molar refractivity (Wildman–Crippen MR) is 122 cm³/mol.